The Labute approximate surface area is 174 Å². The van der Waals surface area contributed by atoms with Crippen molar-refractivity contribution in [3.05, 3.63) is 52.8 Å². The summed E-state index contributed by atoms with van der Waals surface area (Å²) in [6.45, 7) is 7.12. The number of nitrogens with zero attached hydrogens (tertiary/aromatic N) is 4. The molecule has 0 fully saturated rings. The molecule has 0 spiro atoms. The highest BCUT2D eigenvalue weighted by molar-refractivity contribution is 5.85. The third-order valence-corrected chi connectivity index (χ3v) is 5.08. The van der Waals surface area contributed by atoms with Crippen molar-refractivity contribution in [2.24, 2.45) is 12.0 Å². The van der Waals surface area contributed by atoms with Gasteiger partial charge in [-0.1, -0.05) is 30.3 Å². The van der Waals surface area contributed by atoms with Crippen molar-refractivity contribution < 1.29 is 4.79 Å². The van der Waals surface area contributed by atoms with Crippen LogP contribution in [0, 0.1) is 13.8 Å². The van der Waals surface area contributed by atoms with Gasteiger partial charge in [-0.25, -0.2) is 4.99 Å². The van der Waals surface area contributed by atoms with E-state index in [2.05, 4.69) is 53.6 Å². The van der Waals surface area contributed by atoms with Crippen LogP contribution in [0.25, 0.3) is 0 Å². The van der Waals surface area contributed by atoms with Crippen LogP contribution < -0.4 is 10.6 Å². The van der Waals surface area contributed by atoms with E-state index in [1.54, 1.807) is 19.0 Å². The van der Waals surface area contributed by atoms with Crippen molar-refractivity contribution in [3.63, 3.8) is 0 Å². The van der Waals surface area contributed by atoms with Gasteiger partial charge in [-0.2, -0.15) is 5.10 Å². The van der Waals surface area contributed by atoms with Crippen molar-refractivity contribution in [1.82, 2.24) is 25.3 Å². The third-order valence-electron chi connectivity index (χ3n) is 5.08. The Balaban J connectivity index is 1.97. The van der Waals surface area contributed by atoms with E-state index >= 15 is 0 Å². The van der Waals surface area contributed by atoms with E-state index in [0.717, 1.165) is 25.1 Å². The summed E-state index contributed by atoms with van der Waals surface area (Å²) < 4.78 is 1.93. The van der Waals surface area contributed by atoms with Gasteiger partial charge in [-0.3, -0.25) is 9.48 Å². The monoisotopic (exact) mass is 398 g/mol. The highest BCUT2D eigenvalue weighted by Gasteiger charge is 2.11. The standard InChI is InChI=1S/C22H34N6O/c1-16(19-11-8-7-9-12-19)25-22(24-15-21(29)27(4)5)23-14-10-13-20-17(2)26-28(6)18(20)3/h7-9,11-12,16H,10,13-15H2,1-6H3,(H2,23,24,25). The molecule has 0 aliphatic heterocycles. The Morgan fingerprint density at radius 1 is 1.24 bits per heavy atom. The summed E-state index contributed by atoms with van der Waals surface area (Å²) in [4.78, 5) is 18.0. The maximum atomic E-state index is 11.9. The van der Waals surface area contributed by atoms with Crippen LogP contribution in [0.4, 0.5) is 0 Å². The number of hydrogen-bond acceptors (Lipinski definition) is 3. The van der Waals surface area contributed by atoms with Crippen LogP contribution in [0.3, 0.4) is 0 Å². The number of rotatable bonds is 8. The van der Waals surface area contributed by atoms with Crippen molar-refractivity contribution in [1.29, 1.82) is 0 Å². The first-order valence-corrected chi connectivity index (χ1v) is 10.1. The second-order valence-corrected chi connectivity index (χ2v) is 7.53. The number of amides is 1. The van der Waals surface area contributed by atoms with E-state index in [0.29, 0.717) is 5.96 Å². The Morgan fingerprint density at radius 2 is 1.93 bits per heavy atom. The Kier molecular flexibility index (Phi) is 8.24. The highest BCUT2D eigenvalue weighted by atomic mass is 16.2. The van der Waals surface area contributed by atoms with E-state index < -0.39 is 0 Å². The van der Waals surface area contributed by atoms with Crippen LogP contribution in [-0.4, -0.2) is 53.7 Å². The molecule has 0 saturated heterocycles. The SMILES string of the molecule is Cc1nn(C)c(C)c1CCCNC(=NCC(=O)N(C)C)NC(C)c1ccccc1. The van der Waals surface area contributed by atoms with Gasteiger partial charge in [0.05, 0.1) is 11.7 Å². The number of benzene rings is 1. The lowest BCUT2D eigenvalue weighted by Crippen LogP contribution is -2.40. The molecule has 2 rings (SSSR count). The largest absolute Gasteiger partial charge is 0.356 e. The number of aliphatic imine (C=N–C) groups is 1. The van der Waals surface area contributed by atoms with Crippen molar-refractivity contribution in [2.75, 3.05) is 27.2 Å². The summed E-state index contributed by atoms with van der Waals surface area (Å²) in [6, 6.07) is 10.3. The Bertz CT molecular complexity index is 825. The maximum absolute atomic E-state index is 11.9. The fraction of sp³-hybridized carbons (Fsp3) is 0.500. The molecule has 1 unspecified atom stereocenters. The molecule has 0 aliphatic rings. The predicted molar refractivity (Wildman–Crippen MR) is 118 cm³/mol. The molecule has 0 radical (unpaired) electrons. The van der Waals surface area contributed by atoms with Gasteiger partial charge in [0.1, 0.15) is 6.54 Å². The number of nitrogens with one attached hydrogen (secondary N) is 2. The molecule has 0 saturated carbocycles. The van der Waals surface area contributed by atoms with Crippen LogP contribution in [-0.2, 0) is 18.3 Å². The first-order valence-electron chi connectivity index (χ1n) is 10.1. The number of carbonyl (C=O) groups excluding carboxylic acids is 1. The summed E-state index contributed by atoms with van der Waals surface area (Å²) in [7, 11) is 5.46. The average Bonchev–Trinajstić information content (AvgIpc) is 2.94. The lowest BCUT2D eigenvalue weighted by Gasteiger charge is -2.19. The number of carbonyl (C=O) groups is 1. The molecule has 7 heteroatoms. The van der Waals surface area contributed by atoms with E-state index in [4.69, 9.17) is 0 Å². The van der Waals surface area contributed by atoms with Crippen LogP contribution in [0.5, 0.6) is 0 Å². The van der Waals surface area contributed by atoms with E-state index in [1.807, 2.05) is 29.9 Å². The molecule has 1 amide bonds. The Morgan fingerprint density at radius 3 is 2.52 bits per heavy atom. The third kappa shape index (κ3) is 6.62. The topological polar surface area (TPSA) is 74.5 Å². The van der Waals surface area contributed by atoms with Crippen LogP contribution in [0.1, 0.15) is 41.9 Å². The molecule has 29 heavy (non-hydrogen) atoms. The summed E-state index contributed by atoms with van der Waals surface area (Å²) >= 11 is 0. The minimum atomic E-state index is -0.0277. The number of likely N-dealkylation sites (N-methyl/N-ethyl adjacent to an activating group) is 1. The van der Waals surface area contributed by atoms with Gasteiger partial charge >= 0.3 is 0 Å². The minimum absolute atomic E-state index is 0.0277. The molecule has 1 aromatic carbocycles. The van der Waals surface area contributed by atoms with Gasteiger partial charge in [0.2, 0.25) is 5.91 Å². The lowest BCUT2D eigenvalue weighted by atomic mass is 10.1. The summed E-state index contributed by atoms with van der Waals surface area (Å²) in [5.74, 6) is 0.622. The fourth-order valence-corrected chi connectivity index (χ4v) is 3.12. The van der Waals surface area contributed by atoms with Crippen LogP contribution in [0.15, 0.2) is 35.3 Å². The van der Waals surface area contributed by atoms with Gasteiger partial charge in [0, 0.05) is 33.4 Å². The molecule has 2 aromatic rings. The quantitative estimate of drug-likeness (QED) is 0.407. The van der Waals surface area contributed by atoms with Crippen molar-refractivity contribution >= 4 is 11.9 Å². The van der Waals surface area contributed by atoms with Gasteiger partial charge in [-0.15, -0.1) is 0 Å². The van der Waals surface area contributed by atoms with Gasteiger partial charge in [0.25, 0.3) is 0 Å². The smallest absolute Gasteiger partial charge is 0.243 e. The fourth-order valence-electron chi connectivity index (χ4n) is 3.12. The molecule has 2 N–H and O–H groups in total. The Hall–Kier alpha value is -2.83. The first-order chi connectivity index (χ1) is 13.8. The molecule has 1 heterocycles. The molecule has 1 aromatic heterocycles. The first kappa shape index (κ1) is 22.5. The highest BCUT2D eigenvalue weighted by Crippen LogP contribution is 2.14. The zero-order valence-corrected chi connectivity index (χ0v) is 18.5. The normalized spacial score (nSPS) is 12.6. The molecular weight excluding hydrogens is 364 g/mol. The zero-order valence-electron chi connectivity index (χ0n) is 18.5. The minimum Gasteiger partial charge on any atom is -0.356 e. The summed E-state index contributed by atoms with van der Waals surface area (Å²) in [6.07, 6.45) is 1.91. The van der Waals surface area contributed by atoms with E-state index in [9.17, 15) is 4.79 Å². The number of hydrogen-bond donors (Lipinski definition) is 2. The number of aromatic nitrogens is 2. The van der Waals surface area contributed by atoms with Crippen LogP contribution >= 0.6 is 0 Å². The van der Waals surface area contributed by atoms with E-state index in [-0.39, 0.29) is 18.5 Å². The second-order valence-electron chi connectivity index (χ2n) is 7.53. The predicted octanol–water partition coefficient (Wildman–Crippen LogP) is 2.35. The summed E-state index contributed by atoms with van der Waals surface area (Å²) in [5, 5.41) is 11.3. The summed E-state index contributed by atoms with van der Waals surface area (Å²) in [5.41, 5.74) is 4.78. The van der Waals surface area contributed by atoms with Crippen molar-refractivity contribution in [3.8, 4) is 0 Å². The van der Waals surface area contributed by atoms with Crippen molar-refractivity contribution in [2.45, 2.75) is 39.7 Å². The zero-order chi connectivity index (χ0) is 21.4. The maximum Gasteiger partial charge on any atom is 0.243 e. The molecule has 158 valence electrons. The molecule has 1 atom stereocenters. The molecule has 7 nitrogen and oxygen atoms in total. The van der Waals surface area contributed by atoms with E-state index in [1.165, 1.54) is 16.8 Å². The second kappa shape index (κ2) is 10.6. The number of guanidine groups is 1. The number of aryl methyl sites for hydroxylation is 2. The lowest BCUT2D eigenvalue weighted by molar-refractivity contribution is -0.127. The van der Waals surface area contributed by atoms with Gasteiger partial charge in [0.15, 0.2) is 5.96 Å². The van der Waals surface area contributed by atoms with Crippen LogP contribution in [0.2, 0.25) is 0 Å². The molecular formula is C22H34N6O. The van der Waals surface area contributed by atoms with Gasteiger partial charge < -0.3 is 15.5 Å². The molecule has 0 aliphatic carbocycles. The van der Waals surface area contributed by atoms with Gasteiger partial charge in [-0.05, 0) is 44.7 Å². The molecule has 0 bridgehead atoms. The average molecular weight is 399 g/mol.